The fourth-order valence-corrected chi connectivity index (χ4v) is 5.45. The summed E-state index contributed by atoms with van der Waals surface area (Å²) in [7, 11) is 4.17. The third-order valence-electron chi connectivity index (χ3n) is 8.00. The van der Waals surface area contributed by atoms with Gasteiger partial charge in [0.1, 0.15) is 19.3 Å². The smallest absolute Gasteiger partial charge is 0.137 e. The molecule has 0 aliphatic heterocycles. The second-order valence-corrected chi connectivity index (χ2v) is 12.7. The van der Waals surface area contributed by atoms with Crippen molar-refractivity contribution in [3.05, 3.63) is 0 Å². The quantitative estimate of drug-likeness (QED) is 0.0474. The van der Waals surface area contributed by atoms with Crippen LogP contribution in [-0.4, -0.2) is 64.4 Å². The molecule has 0 saturated heterocycles. The molecule has 0 aliphatic carbocycles. The van der Waals surface area contributed by atoms with Gasteiger partial charge in [-0.3, -0.25) is 0 Å². The Labute approximate surface area is 252 Å². The summed E-state index contributed by atoms with van der Waals surface area (Å²) in [5.41, 5.74) is 5.66. The number of hydrogen-bond donors (Lipinski definition) is 1. The van der Waals surface area contributed by atoms with Crippen LogP contribution in [0.5, 0.6) is 0 Å². The van der Waals surface area contributed by atoms with Crippen LogP contribution < -0.4 is 5.73 Å². The van der Waals surface area contributed by atoms with Crippen molar-refractivity contribution >= 4 is 0 Å². The van der Waals surface area contributed by atoms with Crippen LogP contribution in [0, 0.1) is 0 Å². The Hall–Kier alpha value is -0.200. The van der Waals surface area contributed by atoms with Crippen LogP contribution in [-0.2, 0) is 14.3 Å². The first-order chi connectivity index (χ1) is 19.6. The molecule has 40 heavy (non-hydrogen) atoms. The standard InChI is InChI=1S/C35H75N2O3/c1-5-7-9-11-13-15-17-19-21-23-25-27-30-38-34-35(33-37(3,4)40-32-29-36)39-31-28-26-24-22-20-18-16-14-12-10-8-6-2/h35H,5-34,36H2,1-4H3/q+1. The molecule has 0 aromatic carbocycles. The van der Waals surface area contributed by atoms with E-state index < -0.39 is 0 Å². The molecule has 0 amide bonds. The maximum atomic E-state index is 6.31. The van der Waals surface area contributed by atoms with Gasteiger partial charge in [0.05, 0.1) is 20.7 Å². The number of nitrogens with two attached hydrogens (primary N) is 1. The van der Waals surface area contributed by atoms with Gasteiger partial charge in [-0.15, -0.1) is 0 Å². The molecule has 1 atom stereocenters. The molecular weight excluding hydrogens is 496 g/mol. The minimum Gasteiger partial charge on any atom is -0.379 e. The van der Waals surface area contributed by atoms with Crippen molar-refractivity contribution in [1.29, 1.82) is 0 Å². The topological polar surface area (TPSA) is 53.7 Å². The summed E-state index contributed by atoms with van der Waals surface area (Å²) in [5, 5.41) is 0. The predicted octanol–water partition coefficient (Wildman–Crippen LogP) is 9.76. The Morgan fingerprint density at radius 1 is 0.500 bits per heavy atom. The third kappa shape index (κ3) is 30.8. The van der Waals surface area contributed by atoms with Gasteiger partial charge in [-0.25, -0.2) is 4.84 Å². The number of unbranched alkanes of at least 4 members (excludes halogenated alkanes) is 22. The molecule has 0 aromatic heterocycles. The van der Waals surface area contributed by atoms with Gasteiger partial charge in [-0.1, -0.05) is 155 Å². The highest BCUT2D eigenvalue weighted by Gasteiger charge is 2.24. The molecular formula is C35H75N2O3+. The lowest BCUT2D eigenvalue weighted by atomic mass is 10.1. The van der Waals surface area contributed by atoms with Gasteiger partial charge in [0.25, 0.3) is 0 Å². The van der Waals surface area contributed by atoms with Crippen LogP contribution >= 0.6 is 0 Å². The Morgan fingerprint density at radius 2 is 0.875 bits per heavy atom. The highest BCUT2D eigenvalue weighted by molar-refractivity contribution is 4.57. The van der Waals surface area contributed by atoms with E-state index in [1.54, 1.807) is 0 Å². The number of quaternary nitrogens is 1. The maximum Gasteiger partial charge on any atom is 0.137 e. The zero-order chi connectivity index (χ0) is 29.4. The van der Waals surface area contributed by atoms with Crippen LogP contribution in [0.2, 0.25) is 0 Å². The second kappa shape index (κ2) is 31.7. The average Bonchev–Trinajstić information content (AvgIpc) is 2.94. The van der Waals surface area contributed by atoms with Crippen molar-refractivity contribution in [3.63, 3.8) is 0 Å². The molecule has 5 heteroatoms. The molecule has 5 nitrogen and oxygen atoms in total. The predicted molar refractivity (Wildman–Crippen MR) is 175 cm³/mol. The van der Waals surface area contributed by atoms with Crippen molar-refractivity contribution in [2.24, 2.45) is 5.73 Å². The molecule has 0 bridgehead atoms. The summed E-state index contributed by atoms with van der Waals surface area (Å²) in [6.07, 6.45) is 32.9. The van der Waals surface area contributed by atoms with E-state index in [1.807, 2.05) is 0 Å². The van der Waals surface area contributed by atoms with Gasteiger partial charge < -0.3 is 15.2 Å². The SMILES string of the molecule is CCCCCCCCCCCCCCOCC(C[N+](C)(C)OCCN)OCCCCCCCCCCCCCC. The summed E-state index contributed by atoms with van der Waals surface area (Å²) in [6.45, 7) is 8.80. The summed E-state index contributed by atoms with van der Waals surface area (Å²) in [5.74, 6) is 0. The number of nitrogens with zero attached hydrogens (tertiary/aromatic N) is 1. The molecule has 0 spiro atoms. The highest BCUT2D eigenvalue weighted by atomic mass is 16.7. The molecule has 242 valence electrons. The molecule has 0 radical (unpaired) electrons. The second-order valence-electron chi connectivity index (χ2n) is 12.7. The van der Waals surface area contributed by atoms with Crippen LogP contribution in [0.15, 0.2) is 0 Å². The summed E-state index contributed by atoms with van der Waals surface area (Å²) < 4.78 is 12.9. The fourth-order valence-electron chi connectivity index (χ4n) is 5.45. The Kier molecular flexibility index (Phi) is 31.6. The van der Waals surface area contributed by atoms with Crippen molar-refractivity contribution in [2.45, 2.75) is 174 Å². The van der Waals surface area contributed by atoms with Gasteiger partial charge in [-0.2, -0.15) is 4.65 Å². The monoisotopic (exact) mass is 572 g/mol. The molecule has 0 heterocycles. The maximum absolute atomic E-state index is 6.31. The molecule has 0 rings (SSSR count). The number of hydrogen-bond acceptors (Lipinski definition) is 4. The summed E-state index contributed by atoms with van der Waals surface area (Å²) in [4.78, 5) is 5.93. The van der Waals surface area contributed by atoms with E-state index in [0.717, 1.165) is 32.6 Å². The van der Waals surface area contributed by atoms with Crippen molar-refractivity contribution < 1.29 is 19.0 Å². The van der Waals surface area contributed by atoms with Crippen LogP contribution in [0.1, 0.15) is 168 Å². The van der Waals surface area contributed by atoms with E-state index in [2.05, 4.69) is 27.9 Å². The molecule has 0 fully saturated rings. The Balaban J connectivity index is 3.89. The first-order valence-electron chi connectivity index (χ1n) is 17.9. The summed E-state index contributed by atoms with van der Waals surface area (Å²) in [6, 6.07) is 0. The van der Waals surface area contributed by atoms with Crippen molar-refractivity contribution in [2.75, 3.05) is 53.6 Å². The van der Waals surface area contributed by atoms with Gasteiger partial charge >= 0.3 is 0 Å². The first-order valence-corrected chi connectivity index (χ1v) is 17.9. The highest BCUT2D eigenvalue weighted by Crippen LogP contribution is 2.14. The summed E-state index contributed by atoms with van der Waals surface area (Å²) >= 11 is 0. The zero-order valence-corrected chi connectivity index (χ0v) is 28.0. The average molecular weight is 572 g/mol. The van der Waals surface area contributed by atoms with Crippen LogP contribution in [0.3, 0.4) is 0 Å². The van der Waals surface area contributed by atoms with E-state index in [1.165, 1.54) is 141 Å². The third-order valence-corrected chi connectivity index (χ3v) is 8.00. The van der Waals surface area contributed by atoms with Crippen molar-refractivity contribution in [1.82, 2.24) is 0 Å². The van der Waals surface area contributed by atoms with Crippen LogP contribution in [0.25, 0.3) is 0 Å². The van der Waals surface area contributed by atoms with Gasteiger partial charge in [-0.05, 0) is 12.8 Å². The minimum atomic E-state index is 0.0674. The lowest BCUT2D eigenvalue weighted by Gasteiger charge is -2.30. The van der Waals surface area contributed by atoms with Crippen LogP contribution in [0.4, 0.5) is 0 Å². The zero-order valence-electron chi connectivity index (χ0n) is 28.0. The molecule has 1 unspecified atom stereocenters. The van der Waals surface area contributed by atoms with Gasteiger partial charge in [0, 0.05) is 19.8 Å². The molecule has 0 saturated carbocycles. The Bertz CT molecular complexity index is 476. The van der Waals surface area contributed by atoms with E-state index in [9.17, 15) is 0 Å². The van der Waals surface area contributed by atoms with Crippen molar-refractivity contribution in [3.8, 4) is 0 Å². The molecule has 2 N–H and O–H groups in total. The van der Waals surface area contributed by atoms with E-state index in [0.29, 0.717) is 24.4 Å². The van der Waals surface area contributed by atoms with Gasteiger partial charge in [0.15, 0.2) is 0 Å². The van der Waals surface area contributed by atoms with E-state index in [-0.39, 0.29) is 6.10 Å². The van der Waals surface area contributed by atoms with E-state index >= 15 is 0 Å². The minimum absolute atomic E-state index is 0.0674. The largest absolute Gasteiger partial charge is 0.379 e. The number of rotatable bonds is 34. The van der Waals surface area contributed by atoms with E-state index in [4.69, 9.17) is 20.0 Å². The number of ether oxygens (including phenoxy) is 2. The number of likely N-dealkylation sites (N-methyl/N-ethyl adjacent to an activating group) is 1. The molecule has 0 aromatic rings. The normalized spacial score (nSPS) is 12.8. The Morgan fingerprint density at radius 3 is 1.27 bits per heavy atom. The lowest BCUT2D eigenvalue weighted by molar-refractivity contribution is -1.08. The fraction of sp³-hybridized carbons (Fsp3) is 1.00. The first kappa shape index (κ1) is 39.8. The molecule has 0 aliphatic rings. The van der Waals surface area contributed by atoms with Gasteiger partial charge in [0.2, 0.25) is 0 Å². The number of hydroxylamine groups is 3. The lowest BCUT2D eigenvalue weighted by Crippen LogP contribution is -2.48.